The Hall–Kier alpha value is -2.64. The molecular weight excluding hydrogens is 392 g/mol. The van der Waals surface area contributed by atoms with Crippen LogP contribution >= 0.6 is 0 Å². The molecule has 3 N–H and O–H groups in total. The molecule has 1 aliphatic heterocycles. The molecule has 1 amide bonds. The van der Waals surface area contributed by atoms with Crippen molar-refractivity contribution in [2.75, 3.05) is 13.1 Å². The zero-order valence-corrected chi connectivity index (χ0v) is 18.9. The first-order chi connectivity index (χ1) is 14.7. The molecule has 1 aromatic heterocycles. The van der Waals surface area contributed by atoms with Crippen LogP contribution in [-0.4, -0.2) is 38.9 Å². The number of hydroxylamine groups is 1. The molecule has 168 valence electrons. The summed E-state index contributed by atoms with van der Waals surface area (Å²) in [7, 11) is 0. The zero-order valence-electron chi connectivity index (χ0n) is 18.9. The molecule has 2 heterocycles. The summed E-state index contributed by atoms with van der Waals surface area (Å²) < 4.78 is 1.76. The number of amides is 1. The van der Waals surface area contributed by atoms with Crippen molar-refractivity contribution in [1.82, 2.24) is 20.2 Å². The lowest BCUT2D eigenvalue weighted by Crippen LogP contribution is -2.30. The summed E-state index contributed by atoms with van der Waals surface area (Å²) in [4.78, 5) is 26.2. The van der Waals surface area contributed by atoms with Gasteiger partial charge in [0, 0.05) is 29.9 Å². The fourth-order valence-corrected chi connectivity index (χ4v) is 4.23. The van der Waals surface area contributed by atoms with E-state index in [1.165, 1.54) is 11.6 Å². The minimum Gasteiger partial charge on any atom is -0.299 e. The van der Waals surface area contributed by atoms with E-state index in [1.807, 2.05) is 19.1 Å². The zero-order chi connectivity index (χ0) is 22.6. The molecule has 1 saturated heterocycles. The number of carbonyl (C=O) groups excluding carboxylic acids is 1. The number of carbonyl (C=O) groups is 1. The number of rotatable bonds is 7. The molecular formula is C24H34N4O3. The van der Waals surface area contributed by atoms with Gasteiger partial charge in [-0.3, -0.25) is 29.5 Å². The molecule has 7 heteroatoms. The molecule has 1 fully saturated rings. The molecule has 0 spiro atoms. The number of nitrogens with zero attached hydrogens (tertiary/aromatic N) is 2. The molecule has 31 heavy (non-hydrogen) atoms. The summed E-state index contributed by atoms with van der Waals surface area (Å²) in [6, 6.07) is 8.46. The summed E-state index contributed by atoms with van der Waals surface area (Å²) in [5, 5.41) is 11.9. The van der Waals surface area contributed by atoms with Gasteiger partial charge in [-0.2, -0.15) is 0 Å². The van der Waals surface area contributed by atoms with Crippen LogP contribution in [0.25, 0.3) is 6.08 Å². The molecule has 0 unspecified atom stereocenters. The molecule has 0 aliphatic carbocycles. The van der Waals surface area contributed by atoms with E-state index in [0.29, 0.717) is 12.6 Å². The maximum atomic E-state index is 12.7. The summed E-state index contributed by atoms with van der Waals surface area (Å²) in [5.41, 5.74) is 5.80. The number of aromatic amines is 1. The molecule has 3 rings (SSSR count). The number of hydrogen-bond donors (Lipinski definition) is 3. The number of H-pyrrole nitrogens is 1. The second-order valence-electron chi connectivity index (χ2n) is 9.58. The van der Waals surface area contributed by atoms with E-state index >= 15 is 0 Å². The monoisotopic (exact) mass is 426 g/mol. The predicted molar refractivity (Wildman–Crippen MR) is 122 cm³/mol. The second kappa shape index (κ2) is 9.66. The molecule has 7 nitrogen and oxygen atoms in total. The Morgan fingerprint density at radius 1 is 1.26 bits per heavy atom. The number of benzene rings is 1. The predicted octanol–water partition coefficient (Wildman–Crippen LogP) is 3.43. The minimum atomic E-state index is -0.550. The summed E-state index contributed by atoms with van der Waals surface area (Å²) in [6.45, 7) is 10.9. The van der Waals surface area contributed by atoms with Gasteiger partial charge >= 0.3 is 0 Å². The third-order valence-electron chi connectivity index (χ3n) is 5.83. The fraction of sp³-hybridized carbons (Fsp3) is 0.500. The van der Waals surface area contributed by atoms with Crippen molar-refractivity contribution in [1.29, 1.82) is 0 Å². The van der Waals surface area contributed by atoms with Crippen LogP contribution < -0.4 is 11.0 Å². The highest BCUT2D eigenvalue weighted by molar-refractivity contribution is 5.90. The molecule has 0 saturated carbocycles. The lowest BCUT2D eigenvalue weighted by molar-refractivity contribution is -0.124. The first-order valence-electron chi connectivity index (χ1n) is 10.9. The van der Waals surface area contributed by atoms with E-state index in [9.17, 15) is 9.59 Å². The van der Waals surface area contributed by atoms with Crippen LogP contribution in [0.3, 0.4) is 0 Å². The Morgan fingerprint density at radius 3 is 2.61 bits per heavy atom. The summed E-state index contributed by atoms with van der Waals surface area (Å²) in [5.74, 6) is -0.550. The maximum Gasteiger partial charge on any atom is 0.269 e. The standard InChI is InChI=1S/C24H34N4O3/c1-17-20(16-24(2,3)4)25-28(23(17)30)15-14-27-13-5-6-21(27)19-10-7-18(8-11-19)9-12-22(29)26-31/h7-12,21,25,31H,5-6,13-16H2,1-4H3,(H,26,29)/b12-9+/t21-/m0/s1. The Labute approximate surface area is 183 Å². The topological polar surface area (TPSA) is 90.4 Å². The van der Waals surface area contributed by atoms with Gasteiger partial charge in [-0.05, 0) is 55.3 Å². The van der Waals surface area contributed by atoms with Gasteiger partial charge in [0.2, 0.25) is 0 Å². The van der Waals surface area contributed by atoms with E-state index in [4.69, 9.17) is 5.21 Å². The van der Waals surface area contributed by atoms with Crippen LogP contribution in [0, 0.1) is 12.3 Å². The van der Waals surface area contributed by atoms with Crippen LogP contribution in [0.1, 0.15) is 62.0 Å². The van der Waals surface area contributed by atoms with Crippen molar-refractivity contribution >= 4 is 12.0 Å². The van der Waals surface area contributed by atoms with Gasteiger partial charge in [0.15, 0.2) is 0 Å². The number of nitrogens with one attached hydrogen (secondary N) is 2. The van der Waals surface area contributed by atoms with Gasteiger partial charge in [0.25, 0.3) is 11.5 Å². The van der Waals surface area contributed by atoms with Gasteiger partial charge in [-0.15, -0.1) is 0 Å². The molecule has 1 aliphatic rings. The summed E-state index contributed by atoms with van der Waals surface area (Å²) >= 11 is 0. The fourth-order valence-electron chi connectivity index (χ4n) is 4.23. The number of aromatic nitrogens is 2. The largest absolute Gasteiger partial charge is 0.299 e. The Kier molecular flexibility index (Phi) is 7.18. The van der Waals surface area contributed by atoms with Gasteiger partial charge < -0.3 is 0 Å². The molecule has 2 aromatic rings. The van der Waals surface area contributed by atoms with Crippen LogP contribution in [0.5, 0.6) is 0 Å². The average Bonchev–Trinajstić information content (AvgIpc) is 3.30. The van der Waals surface area contributed by atoms with Crippen molar-refractivity contribution in [2.24, 2.45) is 5.41 Å². The SMILES string of the molecule is Cc1c(CC(C)(C)C)[nH]n(CCN2CCC[C@H]2c2ccc(/C=C/C(=O)NO)cc2)c1=O. The van der Waals surface area contributed by atoms with Gasteiger partial charge in [-0.1, -0.05) is 45.0 Å². The summed E-state index contributed by atoms with van der Waals surface area (Å²) in [6.07, 6.45) is 6.04. The highest BCUT2D eigenvalue weighted by Crippen LogP contribution is 2.32. The molecule has 1 aromatic carbocycles. The van der Waals surface area contributed by atoms with Crippen molar-refractivity contribution in [3.05, 3.63) is 63.1 Å². The highest BCUT2D eigenvalue weighted by Gasteiger charge is 2.26. The van der Waals surface area contributed by atoms with Gasteiger partial charge in [0.05, 0.1) is 6.54 Å². The van der Waals surface area contributed by atoms with Crippen LogP contribution in [0.15, 0.2) is 35.1 Å². The molecule has 1 atom stereocenters. The lowest BCUT2D eigenvalue weighted by Gasteiger charge is -2.25. The molecule has 0 radical (unpaired) electrons. The quantitative estimate of drug-likeness (QED) is 0.359. The number of hydrogen-bond acceptors (Lipinski definition) is 4. The van der Waals surface area contributed by atoms with Crippen molar-refractivity contribution in [3.63, 3.8) is 0 Å². The number of likely N-dealkylation sites (tertiary alicyclic amines) is 1. The first kappa shape index (κ1) is 23.0. The van der Waals surface area contributed by atoms with E-state index in [2.05, 4.69) is 42.9 Å². The normalized spacial score (nSPS) is 17.5. The Bertz CT molecular complexity index is 980. The smallest absolute Gasteiger partial charge is 0.269 e. The van der Waals surface area contributed by atoms with E-state index in [0.717, 1.165) is 49.2 Å². The molecule has 0 bridgehead atoms. The van der Waals surface area contributed by atoms with E-state index in [1.54, 1.807) is 16.2 Å². The van der Waals surface area contributed by atoms with Crippen LogP contribution in [0.2, 0.25) is 0 Å². The van der Waals surface area contributed by atoms with Crippen molar-refractivity contribution in [2.45, 2.75) is 59.5 Å². The lowest BCUT2D eigenvalue weighted by atomic mass is 9.89. The average molecular weight is 427 g/mol. The van der Waals surface area contributed by atoms with Crippen LogP contribution in [0.4, 0.5) is 0 Å². The van der Waals surface area contributed by atoms with Crippen molar-refractivity contribution in [3.8, 4) is 0 Å². The van der Waals surface area contributed by atoms with Crippen LogP contribution in [-0.2, 0) is 17.8 Å². The van der Waals surface area contributed by atoms with Crippen molar-refractivity contribution < 1.29 is 10.0 Å². The third kappa shape index (κ3) is 5.95. The van der Waals surface area contributed by atoms with E-state index in [-0.39, 0.29) is 11.0 Å². The minimum absolute atomic E-state index is 0.0815. The van der Waals surface area contributed by atoms with E-state index < -0.39 is 5.91 Å². The Morgan fingerprint density at radius 2 is 1.97 bits per heavy atom. The van der Waals surface area contributed by atoms with Gasteiger partial charge in [0.1, 0.15) is 0 Å². The first-order valence-corrected chi connectivity index (χ1v) is 10.9. The maximum absolute atomic E-state index is 12.7. The van der Waals surface area contributed by atoms with Gasteiger partial charge in [-0.25, -0.2) is 5.48 Å². The Balaban J connectivity index is 1.65. The highest BCUT2D eigenvalue weighted by atomic mass is 16.5. The third-order valence-corrected chi connectivity index (χ3v) is 5.83. The second-order valence-corrected chi connectivity index (χ2v) is 9.58.